The predicted molar refractivity (Wildman–Crippen MR) is 159 cm³/mol. The van der Waals surface area contributed by atoms with Gasteiger partial charge in [-0.1, -0.05) is 97.1 Å². The van der Waals surface area contributed by atoms with Crippen molar-refractivity contribution >= 4 is 46.8 Å². The van der Waals surface area contributed by atoms with E-state index in [1.54, 1.807) is 16.7 Å². The maximum atomic E-state index is 13.8. The number of carbonyl (C=O) groups excluding carboxylic acids is 2. The normalized spacial score (nSPS) is 14.6. The zero-order chi connectivity index (χ0) is 26.7. The smallest absolute Gasteiger partial charge is 0.243 e. The van der Waals surface area contributed by atoms with Crippen molar-refractivity contribution in [2.24, 2.45) is 0 Å². The first kappa shape index (κ1) is 28.5. The quantitative estimate of drug-likeness (QED) is 0.263. The van der Waals surface area contributed by atoms with E-state index in [4.69, 9.17) is 23.2 Å². The van der Waals surface area contributed by atoms with Gasteiger partial charge in [-0.15, -0.1) is 11.8 Å². The number of nitrogens with one attached hydrogen (secondary N) is 1. The average Bonchev–Trinajstić information content (AvgIpc) is 2.94. The number of halogens is 2. The van der Waals surface area contributed by atoms with Crippen LogP contribution in [0.3, 0.4) is 0 Å². The van der Waals surface area contributed by atoms with Crippen molar-refractivity contribution in [2.75, 3.05) is 5.75 Å². The summed E-state index contributed by atoms with van der Waals surface area (Å²) in [6.07, 6.45) is 5.91. The lowest BCUT2D eigenvalue weighted by Gasteiger charge is -2.33. The molecular formula is C31H34Cl2N2O2S. The van der Waals surface area contributed by atoms with Gasteiger partial charge < -0.3 is 10.2 Å². The molecule has 7 heteroatoms. The van der Waals surface area contributed by atoms with E-state index in [-0.39, 0.29) is 23.6 Å². The Balaban J connectivity index is 1.55. The Kier molecular flexibility index (Phi) is 11.0. The third-order valence-corrected chi connectivity index (χ3v) is 8.39. The molecule has 0 aromatic heterocycles. The van der Waals surface area contributed by atoms with Crippen LogP contribution in [0.4, 0.5) is 0 Å². The van der Waals surface area contributed by atoms with Crippen LogP contribution in [0.2, 0.25) is 10.0 Å². The van der Waals surface area contributed by atoms with Crippen molar-refractivity contribution in [2.45, 2.75) is 62.9 Å². The van der Waals surface area contributed by atoms with Crippen molar-refractivity contribution in [3.05, 3.63) is 106 Å². The fourth-order valence-electron chi connectivity index (χ4n) is 4.80. The van der Waals surface area contributed by atoms with E-state index in [9.17, 15) is 9.59 Å². The number of thioether (sulfide) groups is 1. The predicted octanol–water partition coefficient (Wildman–Crippen LogP) is 7.32. The maximum absolute atomic E-state index is 13.8. The molecule has 38 heavy (non-hydrogen) atoms. The molecule has 2 amide bonds. The summed E-state index contributed by atoms with van der Waals surface area (Å²) >= 11 is 13.7. The van der Waals surface area contributed by atoms with Gasteiger partial charge in [-0.05, 0) is 53.8 Å². The Labute approximate surface area is 240 Å². The van der Waals surface area contributed by atoms with Crippen molar-refractivity contribution < 1.29 is 9.59 Å². The summed E-state index contributed by atoms with van der Waals surface area (Å²) in [5, 5.41) is 4.61. The molecule has 4 rings (SSSR count). The zero-order valence-electron chi connectivity index (χ0n) is 21.5. The van der Waals surface area contributed by atoms with E-state index in [1.807, 2.05) is 78.9 Å². The summed E-state index contributed by atoms with van der Waals surface area (Å²) in [6.45, 7) is 0.340. The minimum absolute atomic E-state index is 0.0568. The number of amides is 2. The van der Waals surface area contributed by atoms with Crippen LogP contribution >= 0.6 is 35.0 Å². The van der Waals surface area contributed by atoms with Gasteiger partial charge in [-0.3, -0.25) is 9.59 Å². The highest BCUT2D eigenvalue weighted by Gasteiger charge is 2.31. The van der Waals surface area contributed by atoms with Gasteiger partial charge in [0.1, 0.15) is 6.04 Å². The molecule has 1 saturated carbocycles. The SMILES string of the molecule is O=C(NC1CCCCC1)[C@H](Cc1ccccc1)N(Cc1ccc(Cl)cc1)C(=O)CSCc1ccc(Cl)cc1. The van der Waals surface area contributed by atoms with E-state index in [0.29, 0.717) is 28.8 Å². The summed E-state index contributed by atoms with van der Waals surface area (Å²) in [7, 11) is 0. The highest BCUT2D eigenvalue weighted by Crippen LogP contribution is 2.22. The van der Waals surface area contributed by atoms with Crippen molar-refractivity contribution in [3.8, 4) is 0 Å². The number of hydrogen-bond acceptors (Lipinski definition) is 3. The lowest BCUT2D eigenvalue weighted by Crippen LogP contribution is -2.53. The number of carbonyl (C=O) groups is 2. The number of nitrogens with zero attached hydrogens (tertiary/aromatic N) is 1. The van der Waals surface area contributed by atoms with Gasteiger partial charge in [-0.25, -0.2) is 0 Å². The fraction of sp³-hybridized carbons (Fsp3) is 0.355. The molecule has 3 aromatic carbocycles. The minimum Gasteiger partial charge on any atom is -0.352 e. The molecule has 0 bridgehead atoms. The van der Waals surface area contributed by atoms with Crippen LogP contribution in [-0.2, 0) is 28.3 Å². The first-order valence-corrected chi connectivity index (χ1v) is 15.1. The van der Waals surface area contributed by atoms with Crippen molar-refractivity contribution in [1.82, 2.24) is 10.2 Å². The van der Waals surface area contributed by atoms with Gasteiger partial charge in [0, 0.05) is 34.8 Å². The first-order chi connectivity index (χ1) is 18.5. The second-order valence-electron chi connectivity index (χ2n) is 9.82. The molecule has 1 aliphatic rings. The Morgan fingerprint density at radius 3 is 2.05 bits per heavy atom. The molecule has 1 atom stereocenters. The Hall–Kier alpha value is -2.47. The second-order valence-corrected chi connectivity index (χ2v) is 11.7. The third kappa shape index (κ3) is 8.79. The van der Waals surface area contributed by atoms with Crippen LogP contribution in [0.5, 0.6) is 0 Å². The van der Waals surface area contributed by atoms with Gasteiger partial charge in [0.05, 0.1) is 5.75 Å². The van der Waals surface area contributed by atoms with E-state index in [1.165, 1.54) is 6.42 Å². The van der Waals surface area contributed by atoms with Crippen molar-refractivity contribution in [1.29, 1.82) is 0 Å². The highest BCUT2D eigenvalue weighted by atomic mass is 35.5. The van der Waals surface area contributed by atoms with Crippen LogP contribution in [0, 0.1) is 0 Å². The van der Waals surface area contributed by atoms with Crippen molar-refractivity contribution in [3.63, 3.8) is 0 Å². The van der Waals surface area contributed by atoms with E-state index >= 15 is 0 Å². The molecule has 0 heterocycles. The van der Waals surface area contributed by atoms with Crippen LogP contribution in [-0.4, -0.2) is 34.6 Å². The molecule has 0 aliphatic heterocycles. The Morgan fingerprint density at radius 2 is 1.42 bits per heavy atom. The molecule has 0 unspecified atom stereocenters. The second kappa shape index (κ2) is 14.6. The van der Waals surface area contributed by atoms with Crippen LogP contribution in [0.15, 0.2) is 78.9 Å². The van der Waals surface area contributed by atoms with Crippen LogP contribution in [0.1, 0.15) is 48.8 Å². The molecule has 1 N–H and O–H groups in total. The summed E-state index contributed by atoms with van der Waals surface area (Å²) in [5.74, 6) is 0.831. The molecule has 1 fully saturated rings. The summed E-state index contributed by atoms with van der Waals surface area (Å²) in [6, 6.07) is 24.6. The molecule has 0 radical (unpaired) electrons. The number of benzene rings is 3. The summed E-state index contributed by atoms with van der Waals surface area (Å²) in [4.78, 5) is 29.3. The lowest BCUT2D eigenvalue weighted by molar-refractivity contribution is -0.139. The molecule has 0 spiro atoms. The van der Waals surface area contributed by atoms with Gasteiger partial charge in [0.2, 0.25) is 11.8 Å². The lowest BCUT2D eigenvalue weighted by atomic mass is 9.94. The summed E-state index contributed by atoms with van der Waals surface area (Å²) < 4.78 is 0. The molecule has 4 nitrogen and oxygen atoms in total. The standard InChI is InChI=1S/C31H34Cl2N2O2S/c32-26-15-11-24(12-16-26)20-35(30(36)22-38-21-25-13-17-27(33)18-14-25)29(19-23-7-3-1-4-8-23)31(37)34-28-9-5-2-6-10-28/h1,3-4,7-8,11-18,28-29H,2,5-6,9-10,19-22H2,(H,34,37)/t29-/m0/s1. The number of rotatable bonds is 11. The average molecular weight is 570 g/mol. The first-order valence-electron chi connectivity index (χ1n) is 13.2. The molecule has 200 valence electrons. The largest absolute Gasteiger partial charge is 0.352 e. The third-order valence-electron chi connectivity index (χ3n) is 6.90. The zero-order valence-corrected chi connectivity index (χ0v) is 23.8. The van der Waals surface area contributed by atoms with E-state index in [2.05, 4.69) is 5.32 Å². The highest BCUT2D eigenvalue weighted by molar-refractivity contribution is 7.99. The van der Waals surface area contributed by atoms with Gasteiger partial charge >= 0.3 is 0 Å². The van der Waals surface area contributed by atoms with Gasteiger partial charge in [0.15, 0.2) is 0 Å². The van der Waals surface area contributed by atoms with E-state index in [0.717, 1.165) is 42.4 Å². The van der Waals surface area contributed by atoms with Gasteiger partial charge in [-0.2, -0.15) is 0 Å². The molecular weight excluding hydrogens is 535 g/mol. The van der Waals surface area contributed by atoms with E-state index < -0.39 is 6.04 Å². The molecule has 3 aromatic rings. The van der Waals surface area contributed by atoms with Crippen LogP contribution in [0.25, 0.3) is 0 Å². The number of hydrogen-bond donors (Lipinski definition) is 1. The summed E-state index contributed by atoms with van der Waals surface area (Å²) in [5.41, 5.74) is 3.07. The van der Waals surface area contributed by atoms with Crippen LogP contribution < -0.4 is 5.32 Å². The molecule has 1 aliphatic carbocycles. The molecule has 0 saturated heterocycles. The maximum Gasteiger partial charge on any atom is 0.243 e. The monoisotopic (exact) mass is 568 g/mol. The van der Waals surface area contributed by atoms with Gasteiger partial charge in [0.25, 0.3) is 0 Å². The Morgan fingerprint density at radius 1 is 0.816 bits per heavy atom. The topological polar surface area (TPSA) is 49.4 Å². The Bertz CT molecular complexity index is 1170. The fourth-order valence-corrected chi connectivity index (χ4v) is 5.93. The minimum atomic E-state index is -0.612.